The Morgan fingerprint density at radius 3 is 1.50 bits per heavy atom. The van der Waals surface area contributed by atoms with Crippen LogP contribution in [-0.2, 0) is 0 Å². The Labute approximate surface area is 150 Å². The van der Waals surface area contributed by atoms with Crippen molar-refractivity contribution < 1.29 is 0 Å². The molecular formula is C21H11N5. The van der Waals surface area contributed by atoms with Gasteiger partial charge in [-0.1, -0.05) is 48.5 Å². The molecule has 0 aliphatic heterocycles. The highest BCUT2D eigenvalue weighted by Gasteiger charge is 1.96. The summed E-state index contributed by atoms with van der Waals surface area (Å²) < 4.78 is 0. The molecular weight excluding hydrogens is 322 g/mol. The van der Waals surface area contributed by atoms with Gasteiger partial charge in [0.15, 0.2) is 0 Å². The van der Waals surface area contributed by atoms with Crippen LogP contribution in [-0.4, -0.2) is 4.98 Å². The minimum absolute atomic E-state index is 0.00187. The van der Waals surface area contributed by atoms with Crippen LogP contribution in [0.2, 0.25) is 0 Å². The van der Waals surface area contributed by atoms with E-state index < -0.39 is 0 Å². The summed E-state index contributed by atoms with van der Waals surface area (Å²) in [6.45, 7) is 0. The largest absolute Gasteiger partial charge is 0.264 e. The summed E-state index contributed by atoms with van der Waals surface area (Å²) in [6, 6.07) is 23.4. The van der Waals surface area contributed by atoms with Gasteiger partial charge in [0, 0.05) is 22.8 Å². The van der Waals surface area contributed by atoms with Crippen LogP contribution in [0.3, 0.4) is 0 Å². The van der Waals surface area contributed by atoms with Crippen molar-refractivity contribution in [3.05, 3.63) is 77.4 Å². The number of hydrogen-bond donors (Lipinski definition) is 0. The molecule has 0 atom stereocenters. The molecule has 0 saturated heterocycles. The van der Waals surface area contributed by atoms with Gasteiger partial charge in [-0.25, -0.2) is 0 Å². The molecule has 0 saturated carbocycles. The molecule has 0 bridgehead atoms. The van der Waals surface area contributed by atoms with Gasteiger partial charge in [-0.15, -0.1) is 0 Å². The topological polar surface area (TPSA) is 108 Å². The van der Waals surface area contributed by atoms with Crippen LogP contribution in [0.15, 0.2) is 67.0 Å². The first-order chi connectivity index (χ1) is 12.7. The Balaban J connectivity index is 0.000000206. The second-order valence-electron chi connectivity index (χ2n) is 5.00. The Morgan fingerprint density at radius 2 is 1.08 bits per heavy atom. The monoisotopic (exact) mass is 333 g/mol. The van der Waals surface area contributed by atoms with E-state index in [9.17, 15) is 0 Å². The molecule has 1 aromatic heterocycles. The van der Waals surface area contributed by atoms with E-state index in [1.807, 2.05) is 30.6 Å². The number of hydrogen-bond acceptors (Lipinski definition) is 5. The zero-order chi connectivity index (χ0) is 18.8. The first kappa shape index (κ1) is 17.9. The number of benzene rings is 2. The lowest BCUT2D eigenvalue weighted by Gasteiger charge is -1.91. The molecule has 3 rings (SSSR count). The summed E-state index contributed by atoms with van der Waals surface area (Å²) in [6.07, 6.45) is 3.68. The van der Waals surface area contributed by atoms with Gasteiger partial charge in [0.2, 0.25) is 0 Å². The van der Waals surface area contributed by atoms with Crippen molar-refractivity contribution in [1.29, 1.82) is 21.0 Å². The molecule has 1 heterocycles. The standard InChI is InChI=1S/C12H4N4.C9H7N/c13-5-11(6-14)9-1-2-10(4-3-9)12(7-15)8-16;1-2-4-9-7-10-6-5-8(9)3-1/h1-4H;1-7H. The molecule has 3 aromatic rings. The minimum atomic E-state index is 0.00187. The Bertz CT molecular complexity index is 1040. The molecule has 120 valence electrons. The van der Waals surface area contributed by atoms with E-state index in [1.54, 1.807) is 24.3 Å². The first-order valence-electron chi connectivity index (χ1n) is 7.47. The van der Waals surface area contributed by atoms with Crippen LogP contribution >= 0.6 is 0 Å². The molecule has 2 aromatic carbocycles. The molecule has 0 aliphatic rings. The van der Waals surface area contributed by atoms with Gasteiger partial charge in [-0.2, -0.15) is 21.0 Å². The lowest BCUT2D eigenvalue weighted by atomic mass is 10.1. The Morgan fingerprint density at radius 1 is 0.615 bits per heavy atom. The molecule has 0 N–H and O–H groups in total. The van der Waals surface area contributed by atoms with Crippen LogP contribution in [0.25, 0.3) is 21.9 Å². The van der Waals surface area contributed by atoms with Crippen LogP contribution in [0, 0.1) is 45.3 Å². The summed E-state index contributed by atoms with van der Waals surface area (Å²) >= 11 is 0. The summed E-state index contributed by atoms with van der Waals surface area (Å²) in [7, 11) is 0. The summed E-state index contributed by atoms with van der Waals surface area (Å²) in [4.78, 5) is 4.01. The quantitative estimate of drug-likeness (QED) is 0.627. The van der Waals surface area contributed by atoms with Gasteiger partial charge in [0.1, 0.15) is 35.4 Å². The summed E-state index contributed by atoms with van der Waals surface area (Å²) in [5.41, 5.74) is 0.00373. The molecule has 0 unspecified atom stereocenters. The lowest BCUT2D eigenvalue weighted by Crippen LogP contribution is -2.11. The van der Waals surface area contributed by atoms with Crippen LogP contribution in [0.4, 0.5) is 0 Å². The second kappa shape index (κ2) is 8.99. The summed E-state index contributed by atoms with van der Waals surface area (Å²) in [5, 5.41) is 37.9. The highest BCUT2D eigenvalue weighted by Crippen LogP contribution is 2.09. The first-order valence-corrected chi connectivity index (χ1v) is 7.47. The maximum atomic E-state index is 8.63. The van der Waals surface area contributed by atoms with Crippen molar-refractivity contribution in [2.75, 3.05) is 0 Å². The number of rotatable bonds is 0. The minimum Gasteiger partial charge on any atom is -0.264 e. The van der Waals surface area contributed by atoms with Gasteiger partial charge in [0.25, 0.3) is 0 Å². The second-order valence-corrected chi connectivity index (χ2v) is 5.00. The number of fused-ring (bicyclic) bond motifs is 1. The SMILES string of the molecule is N#CC(C#N)=c1ccc(=C(C#N)C#N)cc1.c1ccc2cnccc2c1. The maximum absolute atomic E-state index is 8.63. The third-order valence-electron chi connectivity index (χ3n) is 3.46. The molecule has 5 heteroatoms. The molecule has 0 radical (unpaired) electrons. The Kier molecular flexibility index (Phi) is 6.19. The van der Waals surface area contributed by atoms with Crippen molar-refractivity contribution >= 4 is 21.9 Å². The normalized spacial score (nSPS) is 8.62. The van der Waals surface area contributed by atoms with Gasteiger partial charge in [0.05, 0.1) is 0 Å². The fourth-order valence-corrected chi connectivity index (χ4v) is 2.14. The van der Waals surface area contributed by atoms with Gasteiger partial charge >= 0.3 is 0 Å². The van der Waals surface area contributed by atoms with Crippen LogP contribution in [0.5, 0.6) is 0 Å². The van der Waals surface area contributed by atoms with Gasteiger partial charge in [-0.05, 0) is 16.8 Å². The van der Waals surface area contributed by atoms with E-state index in [4.69, 9.17) is 21.0 Å². The number of aromatic nitrogens is 1. The van der Waals surface area contributed by atoms with E-state index in [0.717, 1.165) is 0 Å². The van der Waals surface area contributed by atoms with Crippen molar-refractivity contribution in [3.8, 4) is 24.3 Å². The predicted molar refractivity (Wildman–Crippen MR) is 96.7 cm³/mol. The third kappa shape index (κ3) is 4.30. The number of pyridine rings is 1. The number of nitriles is 4. The van der Waals surface area contributed by atoms with Crippen molar-refractivity contribution in [1.82, 2.24) is 4.98 Å². The molecule has 26 heavy (non-hydrogen) atoms. The fraction of sp³-hybridized carbons (Fsp3) is 0. The molecule has 0 spiro atoms. The van der Waals surface area contributed by atoms with Gasteiger partial charge in [-0.3, -0.25) is 4.98 Å². The smallest absolute Gasteiger partial charge is 0.136 e. The lowest BCUT2D eigenvalue weighted by molar-refractivity contribution is 1.36. The average molecular weight is 333 g/mol. The average Bonchev–Trinajstić information content (AvgIpc) is 2.71. The van der Waals surface area contributed by atoms with E-state index in [0.29, 0.717) is 10.4 Å². The zero-order valence-electron chi connectivity index (χ0n) is 13.6. The highest BCUT2D eigenvalue weighted by molar-refractivity contribution is 5.81. The predicted octanol–water partition coefficient (Wildman–Crippen LogP) is 2.32. The fourth-order valence-electron chi connectivity index (χ4n) is 2.14. The highest BCUT2D eigenvalue weighted by atomic mass is 14.6. The van der Waals surface area contributed by atoms with Crippen LogP contribution in [0.1, 0.15) is 0 Å². The number of nitrogens with zero attached hydrogens (tertiary/aromatic N) is 5. The van der Waals surface area contributed by atoms with Crippen molar-refractivity contribution in [3.63, 3.8) is 0 Å². The third-order valence-corrected chi connectivity index (χ3v) is 3.46. The van der Waals surface area contributed by atoms with Gasteiger partial charge < -0.3 is 0 Å². The van der Waals surface area contributed by atoms with Crippen molar-refractivity contribution in [2.45, 2.75) is 0 Å². The summed E-state index contributed by atoms with van der Waals surface area (Å²) in [5.74, 6) is 0. The van der Waals surface area contributed by atoms with E-state index in [2.05, 4.69) is 17.1 Å². The zero-order valence-corrected chi connectivity index (χ0v) is 13.6. The van der Waals surface area contributed by atoms with Crippen molar-refractivity contribution in [2.24, 2.45) is 0 Å². The van der Waals surface area contributed by atoms with E-state index in [1.165, 1.54) is 35.0 Å². The molecule has 0 aliphatic carbocycles. The maximum Gasteiger partial charge on any atom is 0.136 e. The molecule has 5 nitrogen and oxygen atoms in total. The Hall–Kier alpha value is -4.45. The van der Waals surface area contributed by atoms with E-state index >= 15 is 0 Å². The van der Waals surface area contributed by atoms with E-state index in [-0.39, 0.29) is 11.1 Å². The van der Waals surface area contributed by atoms with Crippen LogP contribution < -0.4 is 10.4 Å². The molecule has 0 fully saturated rings. The molecule has 0 amide bonds.